The lowest BCUT2D eigenvalue weighted by molar-refractivity contribution is -0.137. The van der Waals surface area contributed by atoms with E-state index in [4.69, 9.17) is 0 Å². The van der Waals surface area contributed by atoms with E-state index in [1.54, 1.807) is 48.3 Å². The fraction of sp³-hybridized carbons (Fsp3) is 0.231. The number of aliphatic hydroxyl groups excluding tert-OH is 1. The molecule has 1 atom stereocenters. The summed E-state index contributed by atoms with van der Waals surface area (Å²) in [5.41, 5.74) is 1.97. The van der Waals surface area contributed by atoms with E-state index >= 15 is 0 Å². The van der Waals surface area contributed by atoms with Gasteiger partial charge < -0.3 is 5.11 Å². The Kier molecular flexibility index (Phi) is 6.95. The summed E-state index contributed by atoms with van der Waals surface area (Å²) < 4.78 is 58.7. The number of nitrogens with zero attached hydrogens (tertiary/aromatic N) is 6. The topological polar surface area (TPSA) is 115 Å². The number of carbonyl (C=O) groups is 1. The first-order valence-corrected chi connectivity index (χ1v) is 13.7. The number of halogens is 3. The van der Waals surface area contributed by atoms with Crippen LogP contribution in [-0.4, -0.2) is 52.1 Å². The molecule has 3 heterocycles. The van der Waals surface area contributed by atoms with Gasteiger partial charge in [0.15, 0.2) is 5.65 Å². The van der Waals surface area contributed by atoms with Crippen molar-refractivity contribution in [1.82, 2.24) is 24.5 Å². The molecule has 0 spiro atoms. The maximum atomic E-state index is 13.6. The zero-order chi connectivity index (χ0) is 27.8. The third-order valence-electron chi connectivity index (χ3n) is 6.11. The molecule has 0 unspecified atom stereocenters. The number of hydrogen-bond acceptors (Lipinski definition) is 6. The van der Waals surface area contributed by atoms with Gasteiger partial charge >= 0.3 is 6.18 Å². The lowest BCUT2D eigenvalue weighted by Gasteiger charge is -2.10. The van der Waals surface area contributed by atoms with E-state index < -0.39 is 27.4 Å². The van der Waals surface area contributed by atoms with Crippen molar-refractivity contribution in [3.63, 3.8) is 0 Å². The Bertz CT molecular complexity index is 1790. The number of carbonyl (C=O) groups excluding carboxylic acids is 1. The monoisotopic (exact) mass is 556 g/mol. The summed E-state index contributed by atoms with van der Waals surface area (Å²) in [5.74, 6) is -0.617. The first-order chi connectivity index (χ1) is 18.6. The van der Waals surface area contributed by atoms with Crippen LogP contribution < -0.4 is 0 Å². The highest BCUT2D eigenvalue weighted by molar-refractivity contribution is 7.93. The van der Waals surface area contributed by atoms with E-state index in [0.717, 1.165) is 12.1 Å². The Morgan fingerprint density at radius 1 is 1.05 bits per heavy atom. The van der Waals surface area contributed by atoms with E-state index in [0.29, 0.717) is 33.3 Å². The van der Waals surface area contributed by atoms with Crippen molar-refractivity contribution in [3.05, 3.63) is 83.7 Å². The molecule has 0 radical (unpaired) electrons. The third-order valence-corrected chi connectivity index (χ3v) is 8.32. The molecular formula is C26H23F3N6O3S. The summed E-state index contributed by atoms with van der Waals surface area (Å²) in [7, 11) is -1.42. The van der Waals surface area contributed by atoms with Crippen LogP contribution in [-0.2, 0) is 28.7 Å². The molecule has 0 saturated carbocycles. The van der Waals surface area contributed by atoms with Crippen LogP contribution in [0.3, 0.4) is 0 Å². The van der Waals surface area contributed by atoms with Gasteiger partial charge in [-0.2, -0.15) is 27.4 Å². The maximum Gasteiger partial charge on any atom is 0.416 e. The predicted molar refractivity (Wildman–Crippen MR) is 140 cm³/mol. The van der Waals surface area contributed by atoms with E-state index in [1.165, 1.54) is 23.0 Å². The van der Waals surface area contributed by atoms with Gasteiger partial charge in [0, 0.05) is 48.4 Å². The Labute approximate surface area is 221 Å². The number of aliphatic hydroxyl groups is 1. The van der Waals surface area contributed by atoms with Gasteiger partial charge in [-0.1, -0.05) is 0 Å². The molecule has 39 heavy (non-hydrogen) atoms. The van der Waals surface area contributed by atoms with E-state index in [2.05, 4.69) is 19.5 Å². The second-order valence-corrected chi connectivity index (χ2v) is 11.3. The van der Waals surface area contributed by atoms with Gasteiger partial charge in [0.2, 0.25) is 0 Å². The number of alkyl halides is 3. The van der Waals surface area contributed by atoms with Crippen LogP contribution in [0.25, 0.3) is 27.8 Å². The van der Waals surface area contributed by atoms with Gasteiger partial charge in [-0.25, -0.2) is 4.21 Å². The SMILES string of the molecule is Cn1nc2c3cc(C(=O)N=[S@@](=O)(CCCO)Cc4ccncc4)ccc3n(-c3ccc(C(F)(F)F)cc3)c2n1. The number of pyridine rings is 1. The summed E-state index contributed by atoms with van der Waals surface area (Å²) in [6, 6.07) is 12.8. The minimum Gasteiger partial charge on any atom is -0.396 e. The van der Waals surface area contributed by atoms with Crippen molar-refractivity contribution in [2.75, 3.05) is 12.4 Å². The zero-order valence-electron chi connectivity index (χ0n) is 20.7. The highest BCUT2D eigenvalue weighted by Gasteiger charge is 2.30. The number of amides is 1. The average Bonchev–Trinajstić information content (AvgIpc) is 3.42. The van der Waals surface area contributed by atoms with Gasteiger partial charge in [0.05, 0.1) is 26.6 Å². The third kappa shape index (κ3) is 5.40. The van der Waals surface area contributed by atoms with E-state index in [9.17, 15) is 27.3 Å². The standard InChI is InChI=1S/C26H23F3N6O3S/c1-34-31-23-21-15-18(25(37)33-39(38,14-2-13-36)16-17-9-11-30-12-10-17)3-8-22(21)35(24(23)32-34)20-6-4-19(5-7-20)26(27,28)29/h3-12,15,36H,2,13-14,16H2,1H3/t39-/m1/s1. The number of aryl methyl sites for hydroxylation is 1. The summed E-state index contributed by atoms with van der Waals surface area (Å²) in [5, 5.41) is 18.6. The van der Waals surface area contributed by atoms with Crippen LogP contribution in [0.15, 0.2) is 71.4 Å². The molecule has 0 aliphatic heterocycles. The van der Waals surface area contributed by atoms with Crippen LogP contribution >= 0.6 is 0 Å². The minimum atomic E-state index is -4.47. The maximum absolute atomic E-state index is 13.6. The highest BCUT2D eigenvalue weighted by atomic mass is 32.2. The molecule has 202 valence electrons. The molecule has 0 saturated heterocycles. The lowest BCUT2D eigenvalue weighted by atomic mass is 10.1. The van der Waals surface area contributed by atoms with Crippen molar-refractivity contribution < 1.29 is 27.3 Å². The molecule has 0 aliphatic rings. The van der Waals surface area contributed by atoms with Gasteiger partial charge in [-0.15, -0.1) is 5.10 Å². The van der Waals surface area contributed by atoms with Gasteiger partial charge in [-0.05, 0) is 66.6 Å². The van der Waals surface area contributed by atoms with Crippen molar-refractivity contribution in [2.24, 2.45) is 11.4 Å². The molecule has 3 aromatic heterocycles. The normalized spacial score (nSPS) is 13.6. The Hall–Kier alpha value is -4.10. The summed E-state index contributed by atoms with van der Waals surface area (Å²) in [4.78, 5) is 18.5. The fourth-order valence-electron chi connectivity index (χ4n) is 4.33. The Balaban J connectivity index is 1.58. The molecule has 0 fully saturated rings. The smallest absolute Gasteiger partial charge is 0.396 e. The molecule has 13 heteroatoms. The van der Waals surface area contributed by atoms with Crippen LogP contribution in [0.5, 0.6) is 0 Å². The van der Waals surface area contributed by atoms with Gasteiger partial charge in [0.25, 0.3) is 5.91 Å². The molecule has 0 aliphatic carbocycles. The fourth-order valence-corrected chi connectivity index (χ4v) is 6.33. The first kappa shape index (κ1) is 26.5. The lowest BCUT2D eigenvalue weighted by Crippen LogP contribution is -2.13. The summed E-state index contributed by atoms with van der Waals surface area (Å²) in [6.07, 6.45) is -1.13. The zero-order valence-corrected chi connectivity index (χ0v) is 21.5. The Morgan fingerprint density at radius 3 is 2.44 bits per heavy atom. The van der Waals surface area contributed by atoms with Gasteiger partial charge in [0.1, 0.15) is 5.52 Å². The van der Waals surface area contributed by atoms with Crippen LogP contribution in [0.1, 0.15) is 27.9 Å². The summed E-state index contributed by atoms with van der Waals surface area (Å²) >= 11 is 0. The van der Waals surface area contributed by atoms with E-state index in [-0.39, 0.29) is 30.1 Å². The van der Waals surface area contributed by atoms with Crippen LogP contribution in [0, 0.1) is 0 Å². The molecule has 9 nitrogen and oxygen atoms in total. The summed E-state index contributed by atoms with van der Waals surface area (Å²) in [6.45, 7) is -0.189. The average molecular weight is 557 g/mol. The van der Waals surface area contributed by atoms with Crippen LogP contribution in [0.4, 0.5) is 13.2 Å². The second-order valence-electron chi connectivity index (χ2n) is 8.92. The first-order valence-electron chi connectivity index (χ1n) is 11.9. The number of benzene rings is 2. The van der Waals surface area contributed by atoms with Crippen molar-refractivity contribution in [1.29, 1.82) is 0 Å². The van der Waals surface area contributed by atoms with Crippen LogP contribution in [0.2, 0.25) is 0 Å². The Morgan fingerprint density at radius 2 is 1.77 bits per heavy atom. The molecular weight excluding hydrogens is 533 g/mol. The quantitative estimate of drug-likeness (QED) is 0.315. The van der Waals surface area contributed by atoms with Gasteiger partial charge in [-0.3, -0.25) is 14.3 Å². The second kappa shape index (κ2) is 10.2. The molecule has 0 bridgehead atoms. The number of rotatable bonds is 7. The molecule has 5 rings (SSSR count). The van der Waals surface area contributed by atoms with Crippen molar-refractivity contribution >= 4 is 37.7 Å². The predicted octanol–water partition coefficient (Wildman–Crippen LogP) is 4.52. The van der Waals surface area contributed by atoms with Crippen molar-refractivity contribution in [3.8, 4) is 5.69 Å². The molecule has 5 aromatic rings. The largest absolute Gasteiger partial charge is 0.416 e. The minimum absolute atomic E-state index is 0.0300. The van der Waals surface area contributed by atoms with Crippen molar-refractivity contribution in [2.45, 2.75) is 18.3 Å². The van der Waals surface area contributed by atoms with E-state index in [1.807, 2.05) is 0 Å². The molecule has 1 N–H and O–H groups in total. The number of fused-ring (bicyclic) bond motifs is 3. The molecule has 2 aromatic carbocycles. The molecule has 1 amide bonds. The number of aromatic nitrogens is 5. The highest BCUT2D eigenvalue weighted by Crippen LogP contribution is 2.33. The number of hydrogen-bond donors (Lipinski definition) is 1.